The zero-order valence-corrected chi connectivity index (χ0v) is 12.8. The molecule has 3 aromatic rings. The van der Waals surface area contributed by atoms with Crippen LogP contribution in [0.15, 0.2) is 54.9 Å². The molecule has 0 aliphatic heterocycles. The molecule has 1 N–H and O–H groups in total. The molecule has 1 aromatic carbocycles. The molecule has 0 spiro atoms. The maximum Gasteiger partial charge on any atom is 0.306 e. The number of carboxylic acid groups (broad SMARTS) is 1. The first-order valence-electron chi connectivity index (χ1n) is 7.49. The molecule has 23 heavy (non-hydrogen) atoms. The number of carboxylic acids is 1. The summed E-state index contributed by atoms with van der Waals surface area (Å²) >= 11 is 0. The Kier molecular flexibility index (Phi) is 4.28. The fourth-order valence-electron chi connectivity index (χ4n) is 2.44. The standard InChI is InChI=1S/C18H18N2O3/c1-13(18(21)22)10-15-11-19-17-16(8-5-9-20(15)17)23-12-14-6-3-2-4-7-14/h2-9,11,13H,10,12H2,1H3,(H,21,22). The Labute approximate surface area is 134 Å². The van der Waals surface area contributed by atoms with Crippen LogP contribution in [0.25, 0.3) is 5.65 Å². The molecule has 118 valence electrons. The minimum Gasteiger partial charge on any atom is -0.485 e. The molecule has 0 aliphatic rings. The lowest BCUT2D eigenvalue weighted by molar-refractivity contribution is -0.141. The van der Waals surface area contributed by atoms with Crippen molar-refractivity contribution in [1.29, 1.82) is 0 Å². The molecular weight excluding hydrogens is 292 g/mol. The van der Waals surface area contributed by atoms with E-state index in [4.69, 9.17) is 9.84 Å². The van der Waals surface area contributed by atoms with E-state index in [-0.39, 0.29) is 0 Å². The number of nitrogens with zero attached hydrogens (tertiary/aromatic N) is 2. The molecule has 0 amide bonds. The van der Waals surface area contributed by atoms with Gasteiger partial charge < -0.3 is 14.2 Å². The van der Waals surface area contributed by atoms with Gasteiger partial charge in [-0.05, 0) is 17.7 Å². The monoisotopic (exact) mass is 310 g/mol. The topological polar surface area (TPSA) is 63.8 Å². The number of ether oxygens (including phenoxy) is 1. The molecule has 1 unspecified atom stereocenters. The minimum atomic E-state index is -0.809. The molecule has 0 bridgehead atoms. The summed E-state index contributed by atoms with van der Waals surface area (Å²) in [6.07, 6.45) is 4.02. The molecule has 0 saturated heterocycles. The highest BCUT2D eigenvalue weighted by Crippen LogP contribution is 2.22. The summed E-state index contributed by atoms with van der Waals surface area (Å²) in [4.78, 5) is 15.4. The van der Waals surface area contributed by atoms with E-state index < -0.39 is 11.9 Å². The van der Waals surface area contributed by atoms with Crippen molar-refractivity contribution < 1.29 is 14.6 Å². The van der Waals surface area contributed by atoms with Gasteiger partial charge in [0.15, 0.2) is 11.4 Å². The molecule has 2 heterocycles. The van der Waals surface area contributed by atoms with E-state index in [9.17, 15) is 4.79 Å². The van der Waals surface area contributed by atoms with Crippen molar-refractivity contribution in [3.8, 4) is 5.75 Å². The smallest absolute Gasteiger partial charge is 0.306 e. The van der Waals surface area contributed by atoms with Crippen molar-refractivity contribution in [2.75, 3.05) is 0 Å². The van der Waals surface area contributed by atoms with Gasteiger partial charge >= 0.3 is 5.97 Å². The number of hydrogen-bond donors (Lipinski definition) is 1. The summed E-state index contributed by atoms with van der Waals surface area (Å²) in [5.41, 5.74) is 2.65. The quantitative estimate of drug-likeness (QED) is 0.759. The van der Waals surface area contributed by atoms with E-state index >= 15 is 0 Å². The molecule has 0 saturated carbocycles. The summed E-state index contributed by atoms with van der Waals surface area (Å²) < 4.78 is 7.76. The molecule has 0 aliphatic carbocycles. The minimum absolute atomic E-state index is 0.429. The summed E-state index contributed by atoms with van der Waals surface area (Å²) in [5, 5.41) is 9.06. The number of aliphatic carboxylic acids is 1. The highest BCUT2D eigenvalue weighted by molar-refractivity contribution is 5.70. The van der Waals surface area contributed by atoms with E-state index in [0.29, 0.717) is 24.4 Å². The first-order chi connectivity index (χ1) is 11.1. The fraction of sp³-hybridized carbons (Fsp3) is 0.222. The van der Waals surface area contributed by atoms with Crippen LogP contribution >= 0.6 is 0 Å². The Bertz CT molecular complexity index is 812. The Morgan fingerprint density at radius 2 is 2.04 bits per heavy atom. The average molecular weight is 310 g/mol. The highest BCUT2D eigenvalue weighted by atomic mass is 16.5. The molecule has 2 aromatic heterocycles. The van der Waals surface area contributed by atoms with Crippen LogP contribution in [0.2, 0.25) is 0 Å². The molecule has 1 atom stereocenters. The van der Waals surface area contributed by atoms with Gasteiger partial charge in [-0.3, -0.25) is 4.79 Å². The molecule has 5 nitrogen and oxygen atoms in total. The highest BCUT2D eigenvalue weighted by Gasteiger charge is 2.15. The van der Waals surface area contributed by atoms with E-state index in [0.717, 1.165) is 11.3 Å². The van der Waals surface area contributed by atoms with Crippen LogP contribution in [0.3, 0.4) is 0 Å². The molecular formula is C18H18N2O3. The predicted molar refractivity (Wildman–Crippen MR) is 86.5 cm³/mol. The fourth-order valence-corrected chi connectivity index (χ4v) is 2.44. The average Bonchev–Trinajstić information content (AvgIpc) is 2.97. The van der Waals surface area contributed by atoms with Crippen molar-refractivity contribution in [3.05, 3.63) is 66.1 Å². The van der Waals surface area contributed by atoms with Crippen LogP contribution in [-0.2, 0) is 17.8 Å². The number of imidazole rings is 1. The Balaban J connectivity index is 1.82. The third-order valence-electron chi connectivity index (χ3n) is 3.75. The SMILES string of the molecule is CC(Cc1cnc2c(OCc3ccccc3)cccn12)C(=O)O. The number of rotatable bonds is 6. The van der Waals surface area contributed by atoms with Crippen molar-refractivity contribution in [3.63, 3.8) is 0 Å². The number of benzene rings is 1. The summed E-state index contributed by atoms with van der Waals surface area (Å²) in [6.45, 7) is 2.16. The van der Waals surface area contributed by atoms with Gasteiger partial charge in [-0.1, -0.05) is 37.3 Å². The summed E-state index contributed by atoms with van der Waals surface area (Å²) in [6, 6.07) is 13.7. The Morgan fingerprint density at radius 3 is 2.78 bits per heavy atom. The molecule has 3 rings (SSSR count). The molecule has 0 fully saturated rings. The van der Waals surface area contributed by atoms with Crippen LogP contribution in [0.1, 0.15) is 18.2 Å². The third-order valence-corrected chi connectivity index (χ3v) is 3.75. The Morgan fingerprint density at radius 1 is 1.26 bits per heavy atom. The van der Waals surface area contributed by atoms with Crippen LogP contribution in [0.4, 0.5) is 0 Å². The van der Waals surface area contributed by atoms with Crippen LogP contribution in [0, 0.1) is 5.92 Å². The second-order valence-corrected chi connectivity index (χ2v) is 5.53. The Hall–Kier alpha value is -2.82. The first-order valence-corrected chi connectivity index (χ1v) is 7.49. The zero-order valence-electron chi connectivity index (χ0n) is 12.8. The van der Waals surface area contributed by atoms with Crippen LogP contribution in [-0.4, -0.2) is 20.5 Å². The lowest BCUT2D eigenvalue weighted by Crippen LogP contribution is -2.13. The second kappa shape index (κ2) is 6.52. The number of hydrogen-bond acceptors (Lipinski definition) is 3. The lowest BCUT2D eigenvalue weighted by Gasteiger charge is -2.09. The summed E-state index contributed by atoms with van der Waals surface area (Å²) in [7, 11) is 0. The van der Waals surface area contributed by atoms with Crippen molar-refractivity contribution >= 4 is 11.6 Å². The first kappa shape index (κ1) is 15.1. The van der Waals surface area contributed by atoms with Gasteiger partial charge in [0.05, 0.1) is 5.92 Å². The van der Waals surface area contributed by atoms with Gasteiger partial charge in [-0.15, -0.1) is 0 Å². The van der Waals surface area contributed by atoms with Crippen LogP contribution in [0.5, 0.6) is 5.75 Å². The van der Waals surface area contributed by atoms with Gasteiger partial charge in [-0.2, -0.15) is 0 Å². The van der Waals surface area contributed by atoms with E-state index in [2.05, 4.69) is 4.98 Å². The van der Waals surface area contributed by atoms with Crippen molar-refractivity contribution in [1.82, 2.24) is 9.38 Å². The number of pyridine rings is 1. The predicted octanol–water partition coefficient (Wildman–Crippen LogP) is 3.18. The third kappa shape index (κ3) is 3.34. The normalized spacial score (nSPS) is 12.2. The number of aromatic nitrogens is 2. The second-order valence-electron chi connectivity index (χ2n) is 5.53. The molecule has 0 radical (unpaired) electrons. The van der Waals surface area contributed by atoms with Crippen LogP contribution < -0.4 is 4.74 Å². The van der Waals surface area contributed by atoms with E-state index in [1.54, 1.807) is 13.1 Å². The zero-order chi connectivity index (χ0) is 16.2. The van der Waals surface area contributed by atoms with Gasteiger partial charge in [0.25, 0.3) is 0 Å². The summed E-state index contributed by atoms with van der Waals surface area (Å²) in [5.74, 6) is -0.578. The van der Waals surface area contributed by atoms with Gasteiger partial charge in [0, 0.05) is 24.5 Å². The maximum atomic E-state index is 11.0. The number of fused-ring (bicyclic) bond motifs is 1. The van der Waals surface area contributed by atoms with E-state index in [1.807, 2.05) is 53.1 Å². The lowest BCUT2D eigenvalue weighted by atomic mass is 10.1. The van der Waals surface area contributed by atoms with Gasteiger partial charge in [-0.25, -0.2) is 4.98 Å². The number of carbonyl (C=O) groups is 1. The van der Waals surface area contributed by atoms with E-state index in [1.165, 1.54) is 0 Å². The van der Waals surface area contributed by atoms with Crippen molar-refractivity contribution in [2.45, 2.75) is 20.0 Å². The van der Waals surface area contributed by atoms with Gasteiger partial charge in [0.1, 0.15) is 6.61 Å². The molecule has 5 heteroatoms. The largest absolute Gasteiger partial charge is 0.485 e. The maximum absolute atomic E-state index is 11.0. The van der Waals surface area contributed by atoms with Gasteiger partial charge in [0.2, 0.25) is 0 Å². The van der Waals surface area contributed by atoms with Crippen molar-refractivity contribution in [2.24, 2.45) is 5.92 Å².